The summed E-state index contributed by atoms with van der Waals surface area (Å²) in [6.07, 6.45) is -2.20. The van der Waals surface area contributed by atoms with Crippen LogP contribution in [0.4, 0.5) is 13.2 Å². The lowest BCUT2D eigenvalue weighted by Gasteiger charge is -2.09. The molecule has 0 aliphatic heterocycles. The third-order valence-electron chi connectivity index (χ3n) is 2.27. The number of hydrogen-bond acceptors (Lipinski definition) is 3. The molecule has 0 bridgehead atoms. The van der Waals surface area contributed by atoms with Gasteiger partial charge in [-0.05, 0) is 30.7 Å². The molecule has 19 heavy (non-hydrogen) atoms. The van der Waals surface area contributed by atoms with Crippen LogP contribution < -0.4 is 10.1 Å². The van der Waals surface area contributed by atoms with Crippen molar-refractivity contribution in [2.24, 2.45) is 0 Å². The van der Waals surface area contributed by atoms with Gasteiger partial charge in [0.25, 0.3) is 0 Å². The molecule has 0 amide bonds. The lowest BCUT2D eigenvalue weighted by molar-refractivity contribution is -0.274. The molecule has 1 unspecified atom stereocenters. The topological polar surface area (TPSA) is 38.3 Å². The number of hydrogen-bond donors (Lipinski definition) is 1. The van der Waals surface area contributed by atoms with Crippen molar-refractivity contribution in [2.45, 2.75) is 19.3 Å². The van der Waals surface area contributed by atoms with Crippen molar-refractivity contribution in [3.63, 3.8) is 0 Å². The van der Waals surface area contributed by atoms with E-state index in [2.05, 4.69) is 10.1 Å². The number of halogens is 3. The molecule has 0 aliphatic rings. The quantitative estimate of drug-likeness (QED) is 0.785. The minimum absolute atomic E-state index is 0.224. The van der Waals surface area contributed by atoms with Crippen molar-refractivity contribution in [3.05, 3.63) is 29.8 Å². The number of rotatable bonds is 7. The minimum Gasteiger partial charge on any atom is -0.406 e. The molecule has 1 N–H and O–H groups in total. The SMILES string of the molecule is CS(=O)CCCNCc1ccc(OC(F)(F)F)cc1. The lowest BCUT2D eigenvalue weighted by atomic mass is 10.2. The predicted octanol–water partition coefficient (Wildman–Crippen LogP) is 2.44. The van der Waals surface area contributed by atoms with E-state index in [1.807, 2.05) is 0 Å². The van der Waals surface area contributed by atoms with Gasteiger partial charge in [0, 0.05) is 29.4 Å². The Kier molecular flexibility index (Phi) is 6.30. The molecule has 0 spiro atoms. The first kappa shape index (κ1) is 16.0. The summed E-state index contributed by atoms with van der Waals surface area (Å²) in [5.41, 5.74) is 0.868. The third-order valence-corrected chi connectivity index (χ3v) is 3.13. The van der Waals surface area contributed by atoms with E-state index in [1.165, 1.54) is 12.1 Å². The van der Waals surface area contributed by atoms with Gasteiger partial charge in [-0.1, -0.05) is 12.1 Å². The van der Waals surface area contributed by atoms with Crippen LogP contribution in [0.25, 0.3) is 0 Å². The van der Waals surface area contributed by atoms with Gasteiger partial charge in [-0.15, -0.1) is 13.2 Å². The molecule has 0 saturated carbocycles. The first-order valence-electron chi connectivity index (χ1n) is 5.72. The maximum absolute atomic E-state index is 11.9. The molecule has 0 radical (unpaired) electrons. The van der Waals surface area contributed by atoms with Gasteiger partial charge in [-0.3, -0.25) is 4.21 Å². The number of ether oxygens (including phenoxy) is 1. The summed E-state index contributed by atoms with van der Waals surface area (Å²) in [5, 5.41) is 3.13. The van der Waals surface area contributed by atoms with E-state index in [4.69, 9.17) is 0 Å². The monoisotopic (exact) mass is 295 g/mol. The summed E-state index contributed by atoms with van der Waals surface area (Å²) >= 11 is 0. The summed E-state index contributed by atoms with van der Waals surface area (Å²) in [7, 11) is -0.790. The van der Waals surface area contributed by atoms with Gasteiger partial charge in [0.1, 0.15) is 5.75 Å². The van der Waals surface area contributed by atoms with Gasteiger partial charge in [0.05, 0.1) is 0 Å². The van der Waals surface area contributed by atoms with Crippen molar-refractivity contribution in [1.82, 2.24) is 5.32 Å². The Balaban J connectivity index is 2.30. The van der Waals surface area contributed by atoms with Crippen LogP contribution in [0.1, 0.15) is 12.0 Å². The lowest BCUT2D eigenvalue weighted by Crippen LogP contribution is -2.18. The smallest absolute Gasteiger partial charge is 0.406 e. The molecule has 1 aromatic rings. The van der Waals surface area contributed by atoms with Crippen LogP contribution in [0.2, 0.25) is 0 Å². The summed E-state index contributed by atoms with van der Waals surface area (Å²) in [6, 6.07) is 5.72. The van der Waals surface area contributed by atoms with Gasteiger partial charge in [0.15, 0.2) is 0 Å². The van der Waals surface area contributed by atoms with Crippen LogP contribution in [0.5, 0.6) is 5.75 Å². The summed E-state index contributed by atoms with van der Waals surface area (Å²) in [6.45, 7) is 1.28. The Hall–Kier alpha value is -1.08. The molecule has 0 aliphatic carbocycles. The number of alkyl halides is 3. The van der Waals surface area contributed by atoms with Crippen molar-refractivity contribution in [2.75, 3.05) is 18.6 Å². The maximum atomic E-state index is 11.9. The molecular weight excluding hydrogens is 279 g/mol. The van der Waals surface area contributed by atoms with E-state index in [0.29, 0.717) is 12.3 Å². The molecule has 0 saturated heterocycles. The molecule has 1 aromatic carbocycles. The normalized spacial score (nSPS) is 13.3. The van der Waals surface area contributed by atoms with Crippen molar-refractivity contribution in [3.8, 4) is 5.75 Å². The molecule has 0 fully saturated rings. The maximum Gasteiger partial charge on any atom is 0.573 e. The highest BCUT2D eigenvalue weighted by atomic mass is 32.2. The van der Waals surface area contributed by atoms with E-state index in [9.17, 15) is 17.4 Å². The van der Waals surface area contributed by atoms with Gasteiger partial charge in [-0.25, -0.2) is 0 Å². The zero-order valence-corrected chi connectivity index (χ0v) is 11.3. The average Bonchev–Trinajstić information content (AvgIpc) is 2.28. The highest BCUT2D eigenvalue weighted by molar-refractivity contribution is 7.84. The van der Waals surface area contributed by atoms with Crippen LogP contribution in [-0.4, -0.2) is 29.1 Å². The van der Waals surface area contributed by atoms with Crippen molar-refractivity contribution in [1.29, 1.82) is 0 Å². The van der Waals surface area contributed by atoms with Crippen molar-refractivity contribution < 1.29 is 22.1 Å². The fourth-order valence-electron chi connectivity index (χ4n) is 1.44. The Labute approximate surface area is 112 Å². The molecular formula is C12H16F3NO2S. The largest absolute Gasteiger partial charge is 0.573 e. The van der Waals surface area contributed by atoms with E-state index < -0.39 is 17.2 Å². The van der Waals surface area contributed by atoms with Crippen LogP contribution in [-0.2, 0) is 17.3 Å². The van der Waals surface area contributed by atoms with E-state index in [0.717, 1.165) is 18.5 Å². The summed E-state index contributed by atoms with van der Waals surface area (Å²) in [4.78, 5) is 0. The number of benzene rings is 1. The van der Waals surface area contributed by atoms with Gasteiger partial charge in [0.2, 0.25) is 0 Å². The summed E-state index contributed by atoms with van der Waals surface area (Å²) < 4.78 is 50.4. The average molecular weight is 295 g/mol. The Morgan fingerprint density at radius 1 is 1.26 bits per heavy atom. The van der Waals surface area contributed by atoms with Gasteiger partial charge in [-0.2, -0.15) is 0 Å². The molecule has 0 aromatic heterocycles. The van der Waals surface area contributed by atoms with E-state index >= 15 is 0 Å². The zero-order valence-electron chi connectivity index (χ0n) is 10.5. The molecule has 1 rings (SSSR count). The Morgan fingerprint density at radius 2 is 1.89 bits per heavy atom. The minimum atomic E-state index is -4.66. The van der Waals surface area contributed by atoms with Crippen LogP contribution in [0.3, 0.4) is 0 Å². The zero-order chi connectivity index (χ0) is 14.3. The second-order valence-electron chi connectivity index (χ2n) is 4.00. The molecule has 3 nitrogen and oxygen atoms in total. The first-order valence-corrected chi connectivity index (χ1v) is 7.45. The Bertz CT molecular complexity index is 406. The second-order valence-corrected chi connectivity index (χ2v) is 5.55. The second kappa shape index (κ2) is 7.49. The first-order chi connectivity index (χ1) is 8.87. The summed E-state index contributed by atoms with van der Waals surface area (Å²) in [5.74, 6) is 0.420. The fraction of sp³-hybridized carbons (Fsp3) is 0.500. The third kappa shape index (κ3) is 7.84. The van der Waals surface area contributed by atoms with Crippen LogP contribution in [0.15, 0.2) is 24.3 Å². The highest BCUT2D eigenvalue weighted by Crippen LogP contribution is 2.22. The van der Waals surface area contributed by atoms with Gasteiger partial charge < -0.3 is 10.1 Å². The van der Waals surface area contributed by atoms with Gasteiger partial charge >= 0.3 is 6.36 Å². The van der Waals surface area contributed by atoms with Crippen LogP contribution in [0, 0.1) is 0 Å². The molecule has 108 valence electrons. The fourth-order valence-corrected chi connectivity index (χ4v) is 1.99. The van der Waals surface area contributed by atoms with E-state index in [1.54, 1.807) is 18.4 Å². The number of nitrogens with one attached hydrogen (secondary N) is 1. The standard InChI is InChI=1S/C12H16F3NO2S/c1-19(17)8-2-7-16-9-10-3-5-11(6-4-10)18-12(13,14)15/h3-6,16H,2,7-9H2,1H3. The Morgan fingerprint density at radius 3 is 2.42 bits per heavy atom. The molecule has 0 heterocycles. The molecule has 1 atom stereocenters. The molecule has 7 heteroatoms. The van der Waals surface area contributed by atoms with Crippen molar-refractivity contribution >= 4 is 10.8 Å². The van der Waals surface area contributed by atoms with Crippen LogP contribution >= 0.6 is 0 Å². The van der Waals surface area contributed by atoms with E-state index in [-0.39, 0.29) is 5.75 Å². The highest BCUT2D eigenvalue weighted by Gasteiger charge is 2.30. The predicted molar refractivity (Wildman–Crippen MR) is 68.4 cm³/mol.